The topological polar surface area (TPSA) is 92.8 Å². The van der Waals surface area contributed by atoms with Gasteiger partial charge >= 0.3 is 0 Å². The number of hydrogen-bond acceptors (Lipinski definition) is 5. The van der Waals surface area contributed by atoms with Gasteiger partial charge in [-0.15, -0.1) is 10.2 Å². The smallest absolute Gasteiger partial charge is 0.297 e. The number of carbonyl (C=O) groups is 1. The van der Waals surface area contributed by atoms with Gasteiger partial charge in [-0.25, -0.2) is 0 Å². The first-order valence-corrected chi connectivity index (χ1v) is 5.38. The molecule has 0 saturated carbocycles. The molecule has 0 aliphatic heterocycles. The summed E-state index contributed by atoms with van der Waals surface area (Å²) in [5, 5.41) is 15.3. The maximum Gasteiger partial charge on any atom is 0.297 e. The van der Waals surface area contributed by atoms with Gasteiger partial charge in [0.25, 0.3) is 11.7 Å². The van der Waals surface area contributed by atoms with Crippen LogP contribution in [0.1, 0.15) is 10.6 Å². The van der Waals surface area contributed by atoms with Crippen molar-refractivity contribution in [3.63, 3.8) is 0 Å². The number of methoxy groups -OCH3 is 1. The van der Waals surface area contributed by atoms with E-state index < -0.39 is 5.91 Å². The Morgan fingerprint density at radius 3 is 3.00 bits per heavy atom. The number of hydrogen-bond donors (Lipinski definition) is 2. The highest BCUT2D eigenvalue weighted by atomic mass is 79.9. The number of aromatic amines is 1. The van der Waals surface area contributed by atoms with Crippen molar-refractivity contribution in [2.75, 3.05) is 12.4 Å². The number of tetrazole rings is 1. The number of nitrogens with zero attached hydrogens (tertiary/aromatic N) is 3. The van der Waals surface area contributed by atoms with Gasteiger partial charge in [0, 0.05) is 4.47 Å². The molecule has 1 heterocycles. The van der Waals surface area contributed by atoms with Gasteiger partial charge in [-0.2, -0.15) is 5.21 Å². The zero-order valence-electron chi connectivity index (χ0n) is 8.77. The predicted octanol–water partition coefficient (Wildman–Crippen LogP) is 1.22. The first-order valence-electron chi connectivity index (χ1n) is 4.59. The molecule has 17 heavy (non-hydrogen) atoms. The fourth-order valence-electron chi connectivity index (χ4n) is 1.21. The van der Waals surface area contributed by atoms with Gasteiger partial charge in [0.2, 0.25) is 0 Å². The molecule has 0 radical (unpaired) electrons. The third-order valence-corrected chi connectivity index (χ3v) is 2.45. The molecule has 2 rings (SSSR count). The van der Waals surface area contributed by atoms with Crippen molar-refractivity contribution >= 4 is 27.5 Å². The number of rotatable bonds is 3. The van der Waals surface area contributed by atoms with Gasteiger partial charge in [0.1, 0.15) is 5.75 Å². The van der Waals surface area contributed by atoms with E-state index >= 15 is 0 Å². The van der Waals surface area contributed by atoms with Gasteiger partial charge in [0.05, 0.1) is 12.8 Å². The first-order chi connectivity index (χ1) is 8.20. The van der Waals surface area contributed by atoms with Crippen LogP contribution in [0.3, 0.4) is 0 Å². The number of nitrogens with one attached hydrogen (secondary N) is 2. The monoisotopic (exact) mass is 297 g/mol. The number of carbonyl (C=O) groups excluding carboxylic acids is 1. The zero-order chi connectivity index (χ0) is 12.3. The van der Waals surface area contributed by atoms with Crippen LogP contribution in [-0.4, -0.2) is 33.6 Å². The van der Waals surface area contributed by atoms with Gasteiger partial charge in [-0.3, -0.25) is 4.79 Å². The summed E-state index contributed by atoms with van der Waals surface area (Å²) in [7, 11) is 1.52. The Morgan fingerprint density at radius 2 is 2.35 bits per heavy atom. The molecule has 0 unspecified atom stereocenters. The fraction of sp³-hybridized carbons (Fsp3) is 0.111. The largest absolute Gasteiger partial charge is 0.495 e. The van der Waals surface area contributed by atoms with Crippen LogP contribution in [0.2, 0.25) is 0 Å². The Bertz CT molecular complexity index is 528. The van der Waals surface area contributed by atoms with Crippen molar-refractivity contribution in [1.82, 2.24) is 20.6 Å². The van der Waals surface area contributed by atoms with E-state index in [0.717, 1.165) is 4.47 Å². The van der Waals surface area contributed by atoms with Crippen LogP contribution < -0.4 is 10.1 Å². The highest BCUT2D eigenvalue weighted by Crippen LogP contribution is 2.27. The second-order valence-electron chi connectivity index (χ2n) is 3.03. The minimum Gasteiger partial charge on any atom is -0.495 e. The number of H-pyrrole nitrogens is 1. The van der Waals surface area contributed by atoms with Gasteiger partial charge in [0.15, 0.2) is 0 Å². The molecule has 2 aromatic rings. The molecular formula is C9H8BrN5O2. The summed E-state index contributed by atoms with van der Waals surface area (Å²) in [6.07, 6.45) is 0. The molecule has 0 saturated heterocycles. The third-order valence-electron chi connectivity index (χ3n) is 1.96. The maximum absolute atomic E-state index is 11.7. The number of aromatic nitrogens is 4. The highest BCUT2D eigenvalue weighted by molar-refractivity contribution is 9.10. The summed E-state index contributed by atoms with van der Waals surface area (Å²) in [6, 6.07) is 5.26. The van der Waals surface area contributed by atoms with Crippen molar-refractivity contribution in [2.24, 2.45) is 0 Å². The molecule has 2 N–H and O–H groups in total. The summed E-state index contributed by atoms with van der Waals surface area (Å²) >= 11 is 3.31. The molecule has 0 spiro atoms. The minimum absolute atomic E-state index is 0.0352. The molecule has 1 aromatic heterocycles. The standard InChI is InChI=1S/C9H8BrN5O2/c1-17-7-3-2-5(10)4-6(7)11-9(16)8-12-14-15-13-8/h2-4H,1H3,(H,11,16)(H,12,13,14,15). The van der Waals surface area contributed by atoms with Crippen LogP contribution in [0.5, 0.6) is 5.75 Å². The van der Waals surface area contributed by atoms with Crippen LogP contribution in [0.25, 0.3) is 0 Å². The van der Waals surface area contributed by atoms with E-state index in [2.05, 4.69) is 41.9 Å². The second-order valence-corrected chi connectivity index (χ2v) is 3.95. The normalized spacial score (nSPS) is 10.0. The van der Waals surface area contributed by atoms with E-state index in [4.69, 9.17) is 4.74 Å². The second kappa shape index (κ2) is 4.91. The third kappa shape index (κ3) is 2.59. The summed E-state index contributed by atoms with van der Waals surface area (Å²) in [5.41, 5.74) is 0.525. The predicted molar refractivity (Wildman–Crippen MR) is 62.8 cm³/mol. The van der Waals surface area contributed by atoms with Crippen molar-refractivity contribution in [2.45, 2.75) is 0 Å². The maximum atomic E-state index is 11.7. The minimum atomic E-state index is -0.463. The molecule has 1 aromatic carbocycles. The van der Waals surface area contributed by atoms with E-state index in [1.807, 2.05) is 6.07 Å². The lowest BCUT2D eigenvalue weighted by Crippen LogP contribution is -2.14. The molecule has 0 aliphatic carbocycles. The molecule has 7 nitrogen and oxygen atoms in total. The number of benzene rings is 1. The van der Waals surface area contributed by atoms with Crippen LogP contribution >= 0.6 is 15.9 Å². The summed E-state index contributed by atoms with van der Waals surface area (Å²) in [5.74, 6) is 0.0484. The van der Waals surface area contributed by atoms with Gasteiger partial charge in [-0.1, -0.05) is 15.9 Å². The van der Waals surface area contributed by atoms with Crippen LogP contribution in [0.15, 0.2) is 22.7 Å². The Hall–Kier alpha value is -1.96. The number of ether oxygens (including phenoxy) is 1. The van der Waals surface area contributed by atoms with E-state index in [9.17, 15) is 4.79 Å². The summed E-state index contributed by atoms with van der Waals surface area (Å²) in [6.45, 7) is 0. The molecule has 1 amide bonds. The van der Waals surface area contributed by atoms with Crippen molar-refractivity contribution in [1.29, 1.82) is 0 Å². The Balaban J connectivity index is 2.23. The Kier molecular flexibility index (Phi) is 3.33. The molecular weight excluding hydrogens is 290 g/mol. The molecule has 8 heteroatoms. The molecule has 0 bridgehead atoms. The van der Waals surface area contributed by atoms with Crippen LogP contribution in [0.4, 0.5) is 5.69 Å². The molecule has 0 atom stereocenters. The van der Waals surface area contributed by atoms with Crippen LogP contribution in [-0.2, 0) is 0 Å². The average molecular weight is 298 g/mol. The molecule has 88 valence electrons. The van der Waals surface area contributed by atoms with Crippen molar-refractivity contribution in [3.05, 3.63) is 28.5 Å². The number of halogens is 1. The quantitative estimate of drug-likeness (QED) is 0.889. The Morgan fingerprint density at radius 1 is 1.53 bits per heavy atom. The number of anilines is 1. The van der Waals surface area contributed by atoms with E-state index in [1.165, 1.54) is 7.11 Å². The van der Waals surface area contributed by atoms with E-state index in [0.29, 0.717) is 11.4 Å². The number of amides is 1. The van der Waals surface area contributed by atoms with Crippen molar-refractivity contribution < 1.29 is 9.53 Å². The van der Waals surface area contributed by atoms with Crippen LogP contribution in [0, 0.1) is 0 Å². The van der Waals surface area contributed by atoms with E-state index in [-0.39, 0.29) is 5.82 Å². The zero-order valence-corrected chi connectivity index (χ0v) is 10.4. The fourth-order valence-corrected chi connectivity index (χ4v) is 1.58. The SMILES string of the molecule is COc1ccc(Br)cc1NC(=O)c1nn[nH]n1. The molecule has 0 aliphatic rings. The van der Waals surface area contributed by atoms with Gasteiger partial charge in [-0.05, 0) is 23.4 Å². The lowest BCUT2D eigenvalue weighted by atomic mass is 10.3. The summed E-state index contributed by atoms with van der Waals surface area (Å²) < 4.78 is 5.94. The van der Waals surface area contributed by atoms with Crippen molar-refractivity contribution in [3.8, 4) is 5.75 Å². The van der Waals surface area contributed by atoms with Gasteiger partial charge < -0.3 is 10.1 Å². The van der Waals surface area contributed by atoms with E-state index in [1.54, 1.807) is 12.1 Å². The highest BCUT2D eigenvalue weighted by Gasteiger charge is 2.13. The lowest BCUT2D eigenvalue weighted by molar-refractivity contribution is 0.101. The molecule has 0 fully saturated rings. The first kappa shape index (κ1) is 11.5. The summed E-state index contributed by atoms with van der Waals surface area (Å²) in [4.78, 5) is 11.7. The lowest BCUT2D eigenvalue weighted by Gasteiger charge is -2.08. The Labute approximate surface area is 105 Å². The average Bonchev–Trinajstić information content (AvgIpc) is 2.83.